The molecule has 0 saturated heterocycles. The van der Waals surface area contributed by atoms with Crippen molar-refractivity contribution in [3.63, 3.8) is 0 Å². The van der Waals surface area contributed by atoms with Crippen LogP contribution in [-0.2, 0) is 6.42 Å². The van der Waals surface area contributed by atoms with Gasteiger partial charge < -0.3 is 14.8 Å². The van der Waals surface area contributed by atoms with E-state index in [4.69, 9.17) is 21.7 Å². The first-order valence-corrected chi connectivity index (χ1v) is 11.0. The van der Waals surface area contributed by atoms with E-state index in [0.29, 0.717) is 34.5 Å². The quantitative estimate of drug-likeness (QED) is 0.237. The fraction of sp³-hybridized carbons (Fsp3) is 0.130. The summed E-state index contributed by atoms with van der Waals surface area (Å²) in [5, 5.41) is 16.4. The molecule has 0 aliphatic heterocycles. The van der Waals surface area contributed by atoms with Gasteiger partial charge in [0.1, 0.15) is 11.5 Å². The summed E-state index contributed by atoms with van der Waals surface area (Å²) >= 11 is 8.62. The molecule has 8 nitrogen and oxygen atoms in total. The van der Waals surface area contributed by atoms with Gasteiger partial charge in [0.05, 0.1) is 36.0 Å². The summed E-state index contributed by atoms with van der Waals surface area (Å²) in [6.07, 6.45) is 0.692. The molecule has 2 N–H and O–H groups in total. The Hall–Kier alpha value is -3.50. The second-order valence-electron chi connectivity index (χ2n) is 6.77. The Morgan fingerprint density at radius 2 is 1.85 bits per heavy atom. The number of nitrogens with one attached hydrogen (secondary N) is 2. The molecule has 0 aliphatic carbocycles. The van der Waals surface area contributed by atoms with Crippen molar-refractivity contribution in [2.24, 2.45) is 0 Å². The lowest BCUT2D eigenvalue weighted by Gasteiger charge is -2.15. The lowest BCUT2D eigenvalue weighted by Crippen LogP contribution is -2.34. The average Bonchev–Trinajstić information content (AvgIpc) is 2.80. The van der Waals surface area contributed by atoms with E-state index < -0.39 is 10.8 Å². The number of hydrogen-bond acceptors (Lipinski definition) is 6. The Morgan fingerprint density at radius 3 is 2.55 bits per heavy atom. The molecule has 0 unspecified atom stereocenters. The van der Waals surface area contributed by atoms with Gasteiger partial charge >= 0.3 is 0 Å². The van der Waals surface area contributed by atoms with E-state index in [9.17, 15) is 14.9 Å². The first kappa shape index (κ1) is 24.1. The minimum Gasteiger partial charge on any atom is -0.494 e. The maximum absolute atomic E-state index is 12.9. The van der Waals surface area contributed by atoms with Gasteiger partial charge in [-0.2, -0.15) is 0 Å². The van der Waals surface area contributed by atoms with Crippen LogP contribution >= 0.6 is 28.1 Å². The normalized spacial score (nSPS) is 10.2. The summed E-state index contributed by atoms with van der Waals surface area (Å²) in [5.74, 6) is 0.167. The number of amides is 1. The first-order valence-electron chi connectivity index (χ1n) is 9.78. The summed E-state index contributed by atoms with van der Waals surface area (Å²) in [7, 11) is 1.38. The van der Waals surface area contributed by atoms with Crippen LogP contribution in [0.3, 0.4) is 0 Å². The number of halogens is 1. The molecule has 3 aromatic rings. The first-order chi connectivity index (χ1) is 15.9. The van der Waals surface area contributed by atoms with Gasteiger partial charge in [0, 0.05) is 17.0 Å². The van der Waals surface area contributed by atoms with E-state index in [2.05, 4.69) is 26.6 Å². The van der Waals surface area contributed by atoms with Gasteiger partial charge in [-0.25, -0.2) is 0 Å². The molecule has 0 bridgehead atoms. The molecule has 1 amide bonds. The van der Waals surface area contributed by atoms with Gasteiger partial charge in [-0.1, -0.05) is 46.3 Å². The van der Waals surface area contributed by atoms with Crippen molar-refractivity contribution in [3.8, 4) is 11.5 Å². The van der Waals surface area contributed by atoms with E-state index >= 15 is 0 Å². The van der Waals surface area contributed by atoms with Crippen LogP contribution in [0.15, 0.2) is 71.2 Å². The Bertz CT molecular complexity index is 1170. The summed E-state index contributed by atoms with van der Waals surface area (Å²) < 4.78 is 11.7. The van der Waals surface area contributed by atoms with Crippen molar-refractivity contribution >= 4 is 50.5 Å². The number of nitrogens with zero attached hydrogens (tertiary/aromatic N) is 1. The van der Waals surface area contributed by atoms with Gasteiger partial charge in [0.15, 0.2) is 5.11 Å². The molecule has 0 heterocycles. The number of anilines is 1. The van der Waals surface area contributed by atoms with Gasteiger partial charge in [0.25, 0.3) is 11.6 Å². The number of hydrogen-bond donors (Lipinski definition) is 2. The molecule has 0 fully saturated rings. The average molecular weight is 530 g/mol. The highest BCUT2D eigenvalue weighted by Crippen LogP contribution is 2.29. The van der Waals surface area contributed by atoms with E-state index in [-0.39, 0.29) is 16.5 Å². The topological polar surface area (TPSA) is 103 Å². The second-order valence-corrected chi connectivity index (χ2v) is 8.10. The molecule has 10 heteroatoms. The lowest BCUT2D eigenvalue weighted by molar-refractivity contribution is -0.384. The van der Waals surface area contributed by atoms with Crippen molar-refractivity contribution in [1.29, 1.82) is 0 Å². The summed E-state index contributed by atoms with van der Waals surface area (Å²) in [4.78, 5) is 23.3. The van der Waals surface area contributed by atoms with Gasteiger partial charge in [-0.3, -0.25) is 20.2 Å². The van der Waals surface area contributed by atoms with Crippen LogP contribution in [0.1, 0.15) is 15.9 Å². The van der Waals surface area contributed by atoms with Crippen LogP contribution in [0.4, 0.5) is 11.4 Å². The predicted octanol–water partition coefficient (Wildman–Crippen LogP) is 5.11. The zero-order chi connectivity index (χ0) is 23.8. The molecule has 0 spiro atoms. The Kier molecular flexibility index (Phi) is 8.34. The Labute approximate surface area is 204 Å². The molecule has 0 saturated carbocycles. The van der Waals surface area contributed by atoms with Crippen molar-refractivity contribution in [2.45, 2.75) is 6.42 Å². The molecule has 0 aliphatic rings. The number of nitro groups is 1. The highest BCUT2D eigenvalue weighted by molar-refractivity contribution is 9.10. The maximum atomic E-state index is 12.9. The Morgan fingerprint density at radius 1 is 1.09 bits per heavy atom. The Balaban J connectivity index is 1.67. The molecular weight excluding hydrogens is 510 g/mol. The number of benzene rings is 3. The molecule has 0 aromatic heterocycles. The molecule has 3 aromatic carbocycles. The van der Waals surface area contributed by atoms with Gasteiger partial charge in [0.2, 0.25) is 0 Å². The molecular formula is C23H20BrN3O5S. The summed E-state index contributed by atoms with van der Waals surface area (Å²) in [6, 6.07) is 19.0. The van der Waals surface area contributed by atoms with Crippen LogP contribution in [0.25, 0.3) is 0 Å². The molecule has 33 heavy (non-hydrogen) atoms. The van der Waals surface area contributed by atoms with Crippen LogP contribution in [-0.4, -0.2) is 29.7 Å². The number of carbonyl (C=O) groups is 1. The number of ether oxygens (including phenoxy) is 2. The van der Waals surface area contributed by atoms with Gasteiger partial charge in [-0.05, 0) is 42.0 Å². The third-order valence-electron chi connectivity index (χ3n) is 4.55. The number of nitro benzene ring substituents is 1. The van der Waals surface area contributed by atoms with Crippen molar-refractivity contribution < 1.29 is 19.2 Å². The fourth-order valence-electron chi connectivity index (χ4n) is 2.95. The third-order valence-corrected chi connectivity index (χ3v) is 5.25. The molecule has 3 rings (SSSR count). The maximum Gasteiger partial charge on any atom is 0.273 e. The molecule has 0 radical (unpaired) electrons. The highest BCUT2D eigenvalue weighted by atomic mass is 79.9. The standard InChI is InChI=1S/C23H20BrN3O5S/c1-31-21-14-17(27(29)30)8-9-19(21)25-23(33)26-22(28)18-13-16(24)7-10-20(18)32-12-11-15-5-3-2-4-6-15/h2-10,13-14H,11-12H2,1H3,(H2,25,26,28,33). The number of thiocarbonyl (C=S) groups is 1. The number of methoxy groups -OCH3 is 1. The minimum absolute atomic E-state index is 0.00219. The van der Waals surface area contributed by atoms with E-state index in [1.807, 2.05) is 30.3 Å². The number of rotatable bonds is 8. The van der Waals surface area contributed by atoms with E-state index in [0.717, 1.165) is 5.56 Å². The SMILES string of the molecule is COc1cc([N+](=O)[O-])ccc1NC(=S)NC(=O)c1cc(Br)ccc1OCCc1ccccc1. The summed E-state index contributed by atoms with van der Waals surface area (Å²) in [5.41, 5.74) is 1.68. The van der Waals surface area contributed by atoms with E-state index in [1.54, 1.807) is 18.2 Å². The molecule has 170 valence electrons. The van der Waals surface area contributed by atoms with Crippen molar-refractivity contribution in [2.75, 3.05) is 19.0 Å². The third kappa shape index (κ3) is 6.74. The van der Waals surface area contributed by atoms with Crippen molar-refractivity contribution in [1.82, 2.24) is 5.32 Å². The highest BCUT2D eigenvalue weighted by Gasteiger charge is 2.17. The second kappa shape index (κ2) is 11.4. The number of non-ortho nitro benzene ring substituents is 1. The van der Waals surface area contributed by atoms with Gasteiger partial charge in [-0.15, -0.1) is 0 Å². The van der Waals surface area contributed by atoms with Crippen molar-refractivity contribution in [3.05, 3.63) is 92.4 Å². The number of carbonyl (C=O) groups excluding carboxylic acids is 1. The monoisotopic (exact) mass is 529 g/mol. The fourth-order valence-corrected chi connectivity index (χ4v) is 3.51. The smallest absolute Gasteiger partial charge is 0.273 e. The zero-order valence-electron chi connectivity index (χ0n) is 17.5. The van der Waals surface area contributed by atoms with E-state index in [1.165, 1.54) is 25.3 Å². The summed E-state index contributed by atoms with van der Waals surface area (Å²) in [6.45, 7) is 0.397. The zero-order valence-corrected chi connectivity index (χ0v) is 19.9. The predicted molar refractivity (Wildman–Crippen MR) is 133 cm³/mol. The van der Waals surface area contributed by atoms with Crippen LogP contribution in [0.2, 0.25) is 0 Å². The minimum atomic E-state index is -0.529. The lowest BCUT2D eigenvalue weighted by atomic mass is 10.1. The molecule has 0 atom stereocenters. The van der Waals surface area contributed by atoms with Crippen LogP contribution in [0, 0.1) is 10.1 Å². The largest absolute Gasteiger partial charge is 0.494 e. The van der Waals surface area contributed by atoms with Crippen LogP contribution in [0.5, 0.6) is 11.5 Å². The van der Waals surface area contributed by atoms with Crippen LogP contribution < -0.4 is 20.1 Å².